The van der Waals surface area contributed by atoms with Gasteiger partial charge in [-0.25, -0.2) is 21.6 Å². The lowest BCUT2D eigenvalue weighted by Gasteiger charge is -2.24. The predicted octanol–water partition coefficient (Wildman–Crippen LogP) is 8.20. The minimum atomic E-state index is -5.50. The van der Waals surface area contributed by atoms with Gasteiger partial charge >= 0.3 is 12.4 Å². The number of amides is 1. The van der Waals surface area contributed by atoms with Gasteiger partial charge in [0, 0.05) is 5.56 Å². The summed E-state index contributed by atoms with van der Waals surface area (Å²) in [5, 5.41) is -1.22. The van der Waals surface area contributed by atoms with Crippen LogP contribution in [0.3, 0.4) is 0 Å². The third kappa shape index (κ3) is 8.20. The van der Waals surface area contributed by atoms with E-state index in [9.17, 15) is 48.3 Å². The second kappa shape index (κ2) is 12.4. The first-order chi connectivity index (χ1) is 18.1. The highest BCUT2D eigenvalue weighted by Crippen LogP contribution is 2.45. The number of primary amides is 1. The third-order valence-corrected chi connectivity index (χ3v) is 8.42. The van der Waals surface area contributed by atoms with Crippen molar-refractivity contribution in [3.63, 3.8) is 0 Å². The van der Waals surface area contributed by atoms with E-state index in [1.807, 2.05) is 0 Å². The summed E-state index contributed by atoms with van der Waals surface area (Å²) in [5.41, 5.74) is -1.38. The van der Waals surface area contributed by atoms with Gasteiger partial charge in [0.1, 0.15) is 17.5 Å². The van der Waals surface area contributed by atoms with Gasteiger partial charge in [0.25, 0.3) is 6.43 Å². The summed E-state index contributed by atoms with van der Waals surface area (Å²) in [5.74, 6) is -11.5. The van der Waals surface area contributed by atoms with E-state index >= 15 is 4.39 Å². The number of rotatable bonds is 9. The lowest BCUT2D eigenvalue weighted by Crippen LogP contribution is -2.26. The van der Waals surface area contributed by atoms with Crippen LogP contribution in [0.25, 0.3) is 5.83 Å². The maximum absolute atomic E-state index is 15.6. The molecule has 2 aromatic rings. The number of benzene rings is 2. The largest absolute Gasteiger partial charge is 0.417 e. The van der Waals surface area contributed by atoms with Gasteiger partial charge in [-0.1, -0.05) is 47.8 Å². The summed E-state index contributed by atoms with van der Waals surface area (Å²) < 4.78 is 149. The Morgan fingerprint density at radius 2 is 1.48 bits per heavy atom. The van der Waals surface area contributed by atoms with Gasteiger partial charge in [0.2, 0.25) is 5.91 Å². The van der Waals surface area contributed by atoms with E-state index in [1.165, 1.54) is 0 Å². The van der Waals surface area contributed by atoms with Crippen molar-refractivity contribution in [3.05, 3.63) is 73.2 Å². The highest BCUT2D eigenvalue weighted by molar-refractivity contribution is 7.91. The molecule has 2 N–H and O–H groups in total. The Balaban J connectivity index is 2.90. The first kappa shape index (κ1) is 34.0. The summed E-state index contributed by atoms with van der Waals surface area (Å²) in [4.78, 5) is 11.8. The number of hydrogen-bond donors (Lipinski definition) is 1. The van der Waals surface area contributed by atoms with Crippen LogP contribution in [0.1, 0.15) is 51.4 Å². The van der Waals surface area contributed by atoms with Crippen molar-refractivity contribution >= 4 is 56.4 Å². The normalized spacial score (nSPS) is 14.9. The maximum atomic E-state index is 15.6. The van der Waals surface area contributed by atoms with Crippen LogP contribution in [0.5, 0.6) is 0 Å². The van der Waals surface area contributed by atoms with Gasteiger partial charge in [-0.3, -0.25) is 4.79 Å². The van der Waals surface area contributed by atoms with Crippen LogP contribution in [0.15, 0.2) is 30.3 Å². The van der Waals surface area contributed by atoms with Gasteiger partial charge in [-0.15, -0.1) is 0 Å². The molecule has 1 unspecified atom stereocenters. The summed E-state index contributed by atoms with van der Waals surface area (Å²) in [6, 6.07) is 2.31. The second-order valence-electron chi connectivity index (χ2n) is 8.51. The van der Waals surface area contributed by atoms with Crippen LogP contribution in [0, 0.1) is 0 Å². The Morgan fingerprint density at radius 3 is 1.90 bits per heavy atom. The Hall–Kier alpha value is -2.16. The van der Waals surface area contributed by atoms with Crippen LogP contribution in [0.4, 0.5) is 39.5 Å². The molecule has 0 aliphatic rings. The molecule has 0 fully saturated rings. The van der Waals surface area contributed by atoms with Crippen LogP contribution in [-0.2, 0) is 16.0 Å². The maximum Gasteiger partial charge on any atom is 0.417 e. The molecule has 17 heteroatoms. The number of nitrogens with two attached hydrogens (primary N) is 1. The zero-order valence-corrected chi connectivity index (χ0v) is 22.9. The average Bonchev–Trinajstić information content (AvgIpc) is 2.76. The van der Waals surface area contributed by atoms with Crippen molar-refractivity contribution in [1.29, 1.82) is 0 Å². The lowest BCUT2D eigenvalue weighted by atomic mass is 9.86. The van der Waals surface area contributed by atoms with Crippen LogP contribution < -0.4 is 5.73 Å². The van der Waals surface area contributed by atoms with Gasteiger partial charge in [0.15, 0.2) is 9.84 Å². The van der Waals surface area contributed by atoms with Crippen molar-refractivity contribution in [1.82, 2.24) is 0 Å². The fraction of sp³-hybridized carbons (Fsp3) is 0.348. The summed E-state index contributed by atoms with van der Waals surface area (Å²) in [7, 11) is -4.77. The van der Waals surface area contributed by atoms with Gasteiger partial charge in [0.05, 0.1) is 31.9 Å². The topological polar surface area (TPSA) is 77.2 Å². The smallest absolute Gasteiger partial charge is 0.366 e. The molecule has 0 heterocycles. The number of carbonyl (C=O) groups is 1. The molecule has 0 aromatic heterocycles. The number of allylic oxidation sites excluding steroid dienone is 1. The molecular formula is C23H17Cl3F9NO3S. The van der Waals surface area contributed by atoms with E-state index in [-0.39, 0.29) is 11.1 Å². The van der Waals surface area contributed by atoms with Crippen molar-refractivity contribution in [2.75, 3.05) is 11.5 Å². The Morgan fingerprint density at radius 1 is 0.975 bits per heavy atom. The van der Waals surface area contributed by atoms with Crippen LogP contribution >= 0.6 is 34.8 Å². The number of halogens is 12. The first-order valence-corrected chi connectivity index (χ1v) is 13.6. The second-order valence-corrected chi connectivity index (χ2v) is 11.9. The minimum Gasteiger partial charge on any atom is -0.366 e. The third-order valence-electron chi connectivity index (χ3n) is 5.46. The molecule has 1 amide bonds. The molecule has 2 aromatic carbocycles. The molecule has 2 atom stereocenters. The molecule has 0 aliphatic carbocycles. The Bertz CT molecular complexity index is 1400. The first-order valence-electron chi connectivity index (χ1n) is 10.7. The molecule has 0 spiro atoms. The van der Waals surface area contributed by atoms with Gasteiger partial charge in [-0.2, -0.15) is 26.3 Å². The van der Waals surface area contributed by atoms with Gasteiger partial charge < -0.3 is 5.73 Å². The zero-order valence-electron chi connectivity index (χ0n) is 19.8. The predicted molar refractivity (Wildman–Crippen MR) is 132 cm³/mol. The molecule has 2 rings (SSSR count). The van der Waals surface area contributed by atoms with Crippen molar-refractivity contribution in [3.8, 4) is 0 Å². The summed E-state index contributed by atoms with van der Waals surface area (Å²) in [6.07, 6.45) is -14.3. The van der Waals surface area contributed by atoms with E-state index in [1.54, 1.807) is 0 Å². The molecule has 0 bridgehead atoms. The fourth-order valence-corrected chi connectivity index (χ4v) is 6.01. The molecule has 4 nitrogen and oxygen atoms in total. The summed E-state index contributed by atoms with van der Waals surface area (Å²) >= 11 is 17.3. The zero-order chi connectivity index (χ0) is 31.0. The number of carbonyl (C=O) groups excluding carboxylic acids is 1. The van der Waals surface area contributed by atoms with E-state index in [0.717, 1.165) is 6.92 Å². The van der Waals surface area contributed by atoms with E-state index in [4.69, 9.17) is 40.5 Å². The van der Waals surface area contributed by atoms with Crippen molar-refractivity contribution in [2.24, 2.45) is 5.73 Å². The highest BCUT2D eigenvalue weighted by Gasteiger charge is 2.43. The summed E-state index contributed by atoms with van der Waals surface area (Å²) in [6.45, 7) is 0.787. The number of alkyl halides is 8. The molecule has 0 radical (unpaired) electrons. The van der Waals surface area contributed by atoms with E-state index < -0.39 is 102 Å². The molecule has 0 aliphatic heterocycles. The lowest BCUT2D eigenvalue weighted by molar-refractivity contribution is -0.140. The minimum absolute atomic E-state index is 0.112. The average molecular weight is 665 g/mol. The monoisotopic (exact) mass is 663 g/mol. The standard InChI is InChI=1S/C23H17Cl3F9NO3S/c1-9(7-40(38,39)8-17(28)29)18-11(2-3-12(21(36)37)19(18)23(33,34)35)16(27)6-13(22(30,31)32)10-4-14(24)20(26)15(25)5-10/h2-6,9,13,17H,7-8H2,1H3,(H2,36,37)/b16-6-/t9-,13?/m0/s1. The molecular weight excluding hydrogens is 648 g/mol. The highest BCUT2D eigenvalue weighted by atomic mass is 35.5. The Labute approximate surface area is 236 Å². The molecule has 0 saturated heterocycles. The number of sulfone groups is 1. The Kier molecular flexibility index (Phi) is 10.5. The number of hydrogen-bond acceptors (Lipinski definition) is 3. The van der Waals surface area contributed by atoms with Crippen molar-refractivity contribution in [2.45, 2.75) is 37.5 Å². The molecule has 40 heavy (non-hydrogen) atoms. The van der Waals surface area contributed by atoms with Crippen LogP contribution in [0.2, 0.25) is 15.1 Å². The van der Waals surface area contributed by atoms with Crippen molar-refractivity contribution < 1.29 is 52.7 Å². The molecule has 222 valence electrons. The van der Waals surface area contributed by atoms with Crippen LogP contribution in [-0.4, -0.2) is 38.4 Å². The van der Waals surface area contributed by atoms with E-state index in [0.29, 0.717) is 24.3 Å². The van der Waals surface area contributed by atoms with E-state index in [2.05, 4.69) is 0 Å². The SMILES string of the molecule is C[C@@H](CS(=O)(=O)CC(F)F)c1c(/C(F)=C/C(c2cc(Cl)c(Cl)c(Cl)c2)C(F)(F)F)ccc(C(N)=O)c1C(F)(F)F. The quantitative estimate of drug-likeness (QED) is 0.217. The molecule has 0 saturated carbocycles. The van der Waals surface area contributed by atoms with Gasteiger partial charge in [-0.05, 0) is 41.3 Å². The fourth-order valence-electron chi connectivity index (χ4n) is 3.95.